The topological polar surface area (TPSA) is 110 Å². The number of halogens is 2. The summed E-state index contributed by atoms with van der Waals surface area (Å²) in [6, 6.07) is 11.0. The molecule has 3 heterocycles. The van der Waals surface area contributed by atoms with Gasteiger partial charge >= 0.3 is 6.03 Å². The van der Waals surface area contributed by atoms with E-state index in [1.54, 1.807) is 23.1 Å². The third-order valence-corrected chi connectivity index (χ3v) is 8.94. The van der Waals surface area contributed by atoms with E-state index in [-0.39, 0.29) is 23.9 Å². The van der Waals surface area contributed by atoms with Crippen LogP contribution in [0.3, 0.4) is 0 Å². The minimum Gasteiger partial charge on any atom is -0.367 e. The van der Waals surface area contributed by atoms with E-state index < -0.39 is 10.0 Å². The predicted octanol–water partition coefficient (Wildman–Crippen LogP) is 3.47. The zero-order chi connectivity index (χ0) is 26.0. The summed E-state index contributed by atoms with van der Waals surface area (Å²) in [5.41, 5.74) is 1.48. The highest BCUT2D eigenvalue weighted by Gasteiger charge is 2.41. The smallest absolute Gasteiger partial charge is 0.320 e. The molecule has 3 atom stereocenters. The van der Waals surface area contributed by atoms with Crippen molar-refractivity contribution in [3.8, 4) is 6.07 Å². The van der Waals surface area contributed by atoms with Gasteiger partial charge in [0.25, 0.3) is 0 Å². The number of urea groups is 1. The molecule has 0 saturated carbocycles. The Bertz CT molecular complexity index is 1260. The Morgan fingerprint density at radius 3 is 2.42 bits per heavy atom. The van der Waals surface area contributed by atoms with Crippen LogP contribution in [0.4, 0.5) is 10.6 Å². The van der Waals surface area contributed by atoms with Gasteiger partial charge in [-0.15, -0.1) is 0 Å². The van der Waals surface area contributed by atoms with E-state index >= 15 is 0 Å². The molecule has 1 aromatic heterocycles. The number of hydrogen-bond donors (Lipinski definition) is 1. The molecule has 2 aliphatic heterocycles. The van der Waals surface area contributed by atoms with Gasteiger partial charge < -0.3 is 15.1 Å². The molecule has 2 fully saturated rings. The largest absolute Gasteiger partial charge is 0.367 e. The van der Waals surface area contributed by atoms with Crippen molar-refractivity contribution in [1.29, 1.82) is 5.26 Å². The summed E-state index contributed by atoms with van der Waals surface area (Å²) in [5.74, 6) is 0.693. The minimum atomic E-state index is -3.27. The lowest BCUT2D eigenvalue weighted by molar-refractivity contribution is 0.140. The van der Waals surface area contributed by atoms with Crippen molar-refractivity contribution in [1.82, 2.24) is 19.1 Å². The standard InChI is InChI=1S/C24H28Cl2N6O3S/c1-16(29-23-6-3-17(12-27)13-28-23)19-14-31(15-20(19)18-4-5-21(25)22(26)11-18)24(33)30-7-9-32(10-8-30)36(2,34)35/h3-6,11,13,16,19-20H,7-10,14-15H2,1-2H3,(H,28,29)/t16-,19?,20?/m0/s1. The van der Waals surface area contributed by atoms with E-state index in [1.165, 1.54) is 16.8 Å². The van der Waals surface area contributed by atoms with Gasteiger partial charge in [0.05, 0.1) is 21.9 Å². The molecular weight excluding hydrogens is 523 g/mol. The van der Waals surface area contributed by atoms with Gasteiger partial charge in [0, 0.05) is 63.3 Å². The molecule has 12 heteroatoms. The van der Waals surface area contributed by atoms with Crippen LogP contribution in [0.15, 0.2) is 36.5 Å². The second-order valence-electron chi connectivity index (χ2n) is 9.26. The van der Waals surface area contributed by atoms with Crippen molar-refractivity contribution in [2.24, 2.45) is 5.92 Å². The lowest BCUT2D eigenvalue weighted by atomic mass is 9.84. The summed E-state index contributed by atoms with van der Waals surface area (Å²) >= 11 is 12.5. The average molecular weight is 552 g/mol. The Morgan fingerprint density at radius 2 is 1.83 bits per heavy atom. The van der Waals surface area contributed by atoms with Crippen LogP contribution in [0.5, 0.6) is 0 Å². The molecular formula is C24H28Cl2N6O3S. The molecule has 36 heavy (non-hydrogen) atoms. The van der Waals surface area contributed by atoms with Crippen molar-refractivity contribution in [2.45, 2.75) is 18.9 Å². The fourth-order valence-electron chi connectivity index (χ4n) is 4.88. The number of pyridine rings is 1. The Morgan fingerprint density at radius 1 is 1.11 bits per heavy atom. The molecule has 192 valence electrons. The third kappa shape index (κ3) is 5.86. The Hall–Kier alpha value is -2.58. The fraction of sp³-hybridized carbons (Fsp3) is 0.458. The minimum absolute atomic E-state index is 0.00177. The molecule has 0 radical (unpaired) electrons. The van der Waals surface area contributed by atoms with Crippen molar-refractivity contribution in [2.75, 3.05) is 50.8 Å². The number of likely N-dealkylation sites (tertiary alicyclic amines) is 1. The number of benzene rings is 1. The van der Waals surface area contributed by atoms with E-state index in [4.69, 9.17) is 28.5 Å². The summed E-state index contributed by atoms with van der Waals surface area (Å²) in [6.07, 6.45) is 2.71. The van der Waals surface area contributed by atoms with E-state index in [0.29, 0.717) is 60.7 Å². The monoisotopic (exact) mass is 550 g/mol. The first-order chi connectivity index (χ1) is 17.1. The zero-order valence-corrected chi connectivity index (χ0v) is 22.4. The Kier molecular flexibility index (Phi) is 7.95. The summed E-state index contributed by atoms with van der Waals surface area (Å²) in [4.78, 5) is 21.3. The van der Waals surface area contributed by atoms with Crippen LogP contribution in [0, 0.1) is 17.2 Å². The molecule has 0 bridgehead atoms. The number of nitrogens with zero attached hydrogens (tertiary/aromatic N) is 5. The number of carbonyl (C=O) groups is 1. The lowest BCUT2D eigenvalue weighted by Gasteiger charge is -2.35. The van der Waals surface area contributed by atoms with Crippen LogP contribution in [-0.4, -0.2) is 85.1 Å². The number of aromatic nitrogens is 1. The molecule has 1 aromatic carbocycles. The number of carbonyl (C=O) groups excluding carboxylic acids is 1. The molecule has 2 saturated heterocycles. The van der Waals surface area contributed by atoms with Gasteiger partial charge in [0.2, 0.25) is 10.0 Å². The van der Waals surface area contributed by atoms with Crippen LogP contribution < -0.4 is 5.32 Å². The fourth-order valence-corrected chi connectivity index (χ4v) is 6.02. The van der Waals surface area contributed by atoms with Crippen molar-refractivity contribution in [3.05, 3.63) is 57.7 Å². The number of hydrogen-bond acceptors (Lipinski definition) is 6. The van der Waals surface area contributed by atoms with E-state index in [9.17, 15) is 13.2 Å². The lowest BCUT2D eigenvalue weighted by Crippen LogP contribution is -2.53. The van der Waals surface area contributed by atoms with Crippen LogP contribution in [-0.2, 0) is 10.0 Å². The van der Waals surface area contributed by atoms with Gasteiger partial charge in [-0.1, -0.05) is 29.3 Å². The van der Waals surface area contributed by atoms with Gasteiger partial charge in [-0.05, 0) is 36.8 Å². The highest BCUT2D eigenvalue weighted by Crippen LogP contribution is 2.38. The first kappa shape index (κ1) is 26.5. The van der Waals surface area contributed by atoms with Crippen molar-refractivity contribution < 1.29 is 13.2 Å². The molecule has 0 spiro atoms. The summed E-state index contributed by atoms with van der Waals surface area (Å²) in [6.45, 7) is 4.36. The zero-order valence-electron chi connectivity index (χ0n) is 20.1. The van der Waals surface area contributed by atoms with Crippen LogP contribution in [0.1, 0.15) is 24.0 Å². The first-order valence-corrected chi connectivity index (χ1v) is 14.2. The van der Waals surface area contributed by atoms with Crippen LogP contribution in [0.2, 0.25) is 10.0 Å². The van der Waals surface area contributed by atoms with Crippen molar-refractivity contribution >= 4 is 45.1 Å². The highest BCUT2D eigenvalue weighted by atomic mass is 35.5. The molecule has 9 nitrogen and oxygen atoms in total. The van der Waals surface area contributed by atoms with Gasteiger partial charge in [-0.3, -0.25) is 0 Å². The van der Waals surface area contributed by atoms with Crippen LogP contribution >= 0.6 is 23.2 Å². The molecule has 2 aromatic rings. The van der Waals surface area contributed by atoms with Gasteiger partial charge in [0.15, 0.2) is 0 Å². The molecule has 2 aliphatic rings. The van der Waals surface area contributed by atoms with Gasteiger partial charge in [-0.2, -0.15) is 9.57 Å². The third-order valence-electron chi connectivity index (χ3n) is 6.90. The van der Waals surface area contributed by atoms with E-state index in [1.807, 2.05) is 24.0 Å². The average Bonchev–Trinajstić information content (AvgIpc) is 3.31. The van der Waals surface area contributed by atoms with Gasteiger partial charge in [0.1, 0.15) is 11.9 Å². The maximum absolute atomic E-state index is 13.4. The molecule has 0 aliphatic carbocycles. The predicted molar refractivity (Wildman–Crippen MR) is 140 cm³/mol. The number of piperazine rings is 1. The normalized spacial score (nSPS) is 21.8. The number of rotatable bonds is 5. The number of nitrogens with one attached hydrogen (secondary N) is 1. The molecule has 4 rings (SSSR count). The quantitative estimate of drug-likeness (QED) is 0.610. The Labute approximate surface area is 221 Å². The highest BCUT2D eigenvalue weighted by molar-refractivity contribution is 7.88. The number of amides is 2. The second kappa shape index (κ2) is 10.8. The van der Waals surface area contributed by atoms with E-state index in [0.717, 1.165) is 5.56 Å². The maximum Gasteiger partial charge on any atom is 0.320 e. The molecule has 2 unspecified atom stereocenters. The van der Waals surface area contributed by atoms with E-state index in [2.05, 4.69) is 16.4 Å². The van der Waals surface area contributed by atoms with Crippen LogP contribution in [0.25, 0.3) is 0 Å². The summed E-state index contributed by atoms with van der Waals surface area (Å²) < 4.78 is 25.1. The summed E-state index contributed by atoms with van der Waals surface area (Å²) in [5, 5.41) is 13.4. The SMILES string of the molecule is C[C@H](Nc1ccc(C#N)cn1)C1CN(C(=O)N2CCN(S(C)(=O)=O)CC2)CC1c1ccc(Cl)c(Cl)c1. The number of nitriles is 1. The molecule has 2 amide bonds. The van der Waals surface area contributed by atoms with Gasteiger partial charge in [-0.25, -0.2) is 18.2 Å². The molecule has 1 N–H and O–H groups in total. The number of sulfonamides is 1. The number of anilines is 1. The van der Waals surface area contributed by atoms with Crippen molar-refractivity contribution in [3.63, 3.8) is 0 Å². The second-order valence-corrected chi connectivity index (χ2v) is 12.1. The first-order valence-electron chi connectivity index (χ1n) is 11.6. The summed E-state index contributed by atoms with van der Waals surface area (Å²) in [7, 11) is -3.27. The Balaban J connectivity index is 1.52. The maximum atomic E-state index is 13.4.